The summed E-state index contributed by atoms with van der Waals surface area (Å²) in [6.45, 7) is 0. The number of nitrogens with zero attached hydrogens (tertiary/aromatic N) is 2. The summed E-state index contributed by atoms with van der Waals surface area (Å²) in [6.07, 6.45) is 0. The van der Waals surface area contributed by atoms with E-state index in [9.17, 15) is 0 Å². The van der Waals surface area contributed by atoms with Gasteiger partial charge in [-0.1, -0.05) is 0 Å². The summed E-state index contributed by atoms with van der Waals surface area (Å²) in [5, 5.41) is 1.17. The second-order valence-electron chi connectivity index (χ2n) is 7.59. The normalized spacial score (nSPS) is 13.1. The number of anilines is 3. The molecule has 0 fully saturated rings. The summed E-state index contributed by atoms with van der Waals surface area (Å²) in [5.74, 6) is 0. The average Bonchev–Trinajstić information content (AvgIpc) is 2.83. The molecule has 0 saturated carbocycles. The van der Waals surface area contributed by atoms with E-state index in [0.29, 0.717) is 0 Å². The number of rotatable bonds is 1. The second kappa shape index (κ2) is 7.97. The molecule has 0 unspecified atom stereocenters. The van der Waals surface area contributed by atoms with Crippen LogP contribution >= 0.6 is 0 Å². The summed E-state index contributed by atoms with van der Waals surface area (Å²) in [6, 6.07) is 36.4. The molecule has 155 valence electrons. The zero-order valence-corrected chi connectivity index (χ0v) is 22.5. The Labute approximate surface area is 212 Å². The molecule has 5 aromatic rings. The second-order valence-corrected chi connectivity index (χ2v) is 12.1. The van der Waals surface area contributed by atoms with Gasteiger partial charge in [-0.15, -0.1) is 0 Å². The molecule has 1 radical (unpaired) electrons. The van der Waals surface area contributed by atoms with Crippen LogP contribution in [0.2, 0.25) is 0 Å². The molecule has 3 heterocycles. The summed E-state index contributed by atoms with van der Waals surface area (Å²) < 4.78 is 5.62. The van der Waals surface area contributed by atoms with Crippen molar-refractivity contribution < 1.29 is 20.1 Å². The number of hydrogen-bond acceptors (Lipinski definition) is 2. The molecule has 5 heteroatoms. The maximum absolute atomic E-state index is 4.96. The van der Waals surface area contributed by atoms with E-state index in [0.717, 1.165) is 16.8 Å². The fraction of sp³-hybridized carbons (Fsp3) is 0. The topological polar surface area (TPSA) is 16.1 Å². The molecular formula is C27H15IrN2Se2-. The zero-order valence-electron chi connectivity index (χ0n) is 16.7. The molecule has 0 aliphatic carbocycles. The first-order chi connectivity index (χ1) is 15.3. The van der Waals surface area contributed by atoms with E-state index in [1.807, 2.05) is 0 Å². The van der Waals surface area contributed by atoms with E-state index in [-0.39, 0.29) is 50.0 Å². The molecule has 0 atom stereocenters. The Morgan fingerprint density at radius 2 is 1.38 bits per heavy atom. The van der Waals surface area contributed by atoms with Crippen LogP contribution in [0.4, 0.5) is 17.1 Å². The van der Waals surface area contributed by atoms with Gasteiger partial charge in [0, 0.05) is 20.1 Å². The monoisotopic (exact) mass is 720 g/mol. The van der Waals surface area contributed by atoms with Crippen LogP contribution in [0.5, 0.6) is 0 Å². The van der Waals surface area contributed by atoms with Crippen molar-refractivity contribution in [3.8, 4) is 11.3 Å². The number of para-hydroxylation sites is 3. The van der Waals surface area contributed by atoms with E-state index < -0.39 is 0 Å². The summed E-state index contributed by atoms with van der Waals surface area (Å²) in [7, 11) is 0. The van der Waals surface area contributed by atoms with Gasteiger partial charge in [-0.3, -0.25) is 0 Å². The third kappa shape index (κ3) is 3.13. The Kier molecular flexibility index (Phi) is 5.08. The molecule has 4 aromatic carbocycles. The van der Waals surface area contributed by atoms with Crippen molar-refractivity contribution in [2.75, 3.05) is 4.90 Å². The summed E-state index contributed by atoms with van der Waals surface area (Å²) >= 11 is 0.493. The van der Waals surface area contributed by atoms with Crippen LogP contribution in [-0.4, -0.2) is 34.9 Å². The molecule has 0 N–H and O–H groups in total. The SMILES string of the molecule is [Ir].[c-]1c(-c2ccc3ccccc3n2)cc2c3c1[Se]c1ccccc1N3c1ccccc1[Se]2. The molecule has 0 spiro atoms. The van der Waals surface area contributed by atoms with Crippen LogP contribution in [0.1, 0.15) is 0 Å². The van der Waals surface area contributed by atoms with E-state index in [1.54, 1.807) is 0 Å². The fourth-order valence-corrected chi connectivity index (χ4v) is 9.25. The molecule has 2 aliphatic heterocycles. The van der Waals surface area contributed by atoms with Gasteiger partial charge in [0.25, 0.3) is 0 Å². The molecule has 0 amide bonds. The van der Waals surface area contributed by atoms with Crippen molar-refractivity contribution >= 4 is 75.7 Å². The molecule has 2 nitrogen and oxygen atoms in total. The third-order valence-corrected chi connectivity index (χ3v) is 10.2. The molecule has 32 heavy (non-hydrogen) atoms. The number of aromatic nitrogens is 1. The molecule has 7 rings (SSSR count). The van der Waals surface area contributed by atoms with Gasteiger partial charge in [-0.25, -0.2) is 0 Å². The molecule has 2 aliphatic rings. The number of fused-ring (bicyclic) bond motifs is 5. The van der Waals surface area contributed by atoms with Crippen molar-refractivity contribution in [2.45, 2.75) is 0 Å². The number of hydrogen-bond donors (Lipinski definition) is 0. The van der Waals surface area contributed by atoms with Crippen molar-refractivity contribution in [2.24, 2.45) is 0 Å². The van der Waals surface area contributed by atoms with Crippen LogP contribution in [0.3, 0.4) is 0 Å². The fourth-order valence-electron chi connectivity index (χ4n) is 4.30. The first-order valence-electron chi connectivity index (χ1n) is 10.2. The first-order valence-corrected chi connectivity index (χ1v) is 13.6. The van der Waals surface area contributed by atoms with E-state index in [2.05, 4.69) is 102 Å². The molecule has 1 aromatic heterocycles. The predicted molar refractivity (Wildman–Crippen MR) is 131 cm³/mol. The van der Waals surface area contributed by atoms with Crippen LogP contribution in [0.15, 0.2) is 91.0 Å². The van der Waals surface area contributed by atoms with Crippen molar-refractivity contribution in [1.82, 2.24) is 4.98 Å². The third-order valence-electron chi connectivity index (χ3n) is 5.71. The quantitative estimate of drug-likeness (QED) is 0.192. The van der Waals surface area contributed by atoms with Gasteiger partial charge in [-0.2, -0.15) is 0 Å². The maximum atomic E-state index is 4.96. The van der Waals surface area contributed by atoms with Gasteiger partial charge in [0.1, 0.15) is 0 Å². The van der Waals surface area contributed by atoms with Gasteiger partial charge in [-0.05, 0) is 0 Å². The molecular weight excluding hydrogens is 702 g/mol. The summed E-state index contributed by atoms with van der Waals surface area (Å²) in [5.41, 5.74) is 7.17. The Morgan fingerprint density at radius 1 is 0.688 bits per heavy atom. The Hall–Kier alpha value is -2.22. The first kappa shape index (κ1) is 20.4. The summed E-state index contributed by atoms with van der Waals surface area (Å²) in [4.78, 5) is 7.44. The minimum absolute atomic E-state index is 0. The van der Waals surface area contributed by atoms with Crippen LogP contribution < -0.4 is 22.7 Å². The van der Waals surface area contributed by atoms with Crippen molar-refractivity contribution in [1.29, 1.82) is 0 Å². The Morgan fingerprint density at radius 3 is 2.19 bits per heavy atom. The Bertz CT molecular complexity index is 1440. The zero-order chi connectivity index (χ0) is 20.4. The van der Waals surface area contributed by atoms with Gasteiger partial charge >= 0.3 is 194 Å². The number of pyridine rings is 1. The van der Waals surface area contributed by atoms with E-state index >= 15 is 0 Å². The van der Waals surface area contributed by atoms with Gasteiger partial charge in [0.15, 0.2) is 0 Å². The van der Waals surface area contributed by atoms with Gasteiger partial charge < -0.3 is 0 Å². The van der Waals surface area contributed by atoms with Crippen LogP contribution in [-0.2, 0) is 20.1 Å². The predicted octanol–water partition coefficient (Wildman–Crippen LogP) is 3.11. The Balaban J connectivity index is 0.00000196. The van der Waals surface area contributed by atoms with E-state index in [4.69, 9.17) is 4.98 Å². The van der Waals surface area contributed by atoms with Gasteiger partial charge in [0.05, 0.1) is 0 Å². The van der Waals surface area contributed by atoms with Crippen molar-refractivity contribution in [3.05, 3.63) is 97.1 Å². The van der Waals surface area contributed by atoms with E-state index in [1.165, 1.54) is 40.3 Å². The number of benzene rings is 4. The van der Waals surface area contributed by atoms with Crippen LogP contribution in [0, 0.1) is 6.07 Å². The molecule has 0 saturated heterocycles. The van der Waals surface area contributed by atoms with Crippen molar-refractivity contribution in [3.63, 3.8) is 0 Å². The standard InChI is InChI=1S/C27H15N2Se2.Ir/c1-2-8-19-17(7-1)13-14-20(28-19)18-15-25-27-26(16-18)31-24-12-6-4-10-22(24)29(27)21-9-3-5-11-23(21)30-25;/h1-15H;/q-1;. The minimum atomic E-state index is 0. The van der Waals surface area contributed by atoms with Crippen LogP contribution in [0.25, 0.3) is 22.2 Å². The molecule has 0 bridgehead atoms. The average molecular weight is 718 g/mol. The van der Waals surface area contributed by atoms with Gasteiger partial charge in [0.2, 0.25) is 0 Å².